The molecule has 0 radical (unpaired) electrons. The van der Waals surface area contributed by atoms with Crippen LogP contribution >= 0.6 is 0 Å². The van der Waals surface area contributed by atoms with Crippen LogP contribution in [-0.2, 0) is 6.42 Å². The Bertz CT molecular complexity index is 376. The SMILES string of the molecule is CC(C)(F)CCOc1cccc(CC#N)c1. The fourth-order valence-corrected chi connectivity index (χ4v) is 1.25. The molecule has 1 aromatic rings. The highest BCUT2D eigenvalue weighted by Gasteiger charge is 2.14. The molecule has 0 aromatic heterocycles. The molecule has 0 N–H and O–H groups in total. The molecule has 2 nitrogen and oxygen atoms in total. The van der Waals surface area contributed by atoms with Crippen LogP contribution in [0.4, 0.5) is 4.39 Å². The van der Waals surface area contributed by atoms with Gasteiger partial charge in [-0.15, -0.1) is 0 Å². The minimum absolute atomic E-state index is 0.347. The summed E-state index contributed by atoms with van der Waals surface area (Å²) >= 11 is 0. The smallest absolute Gasteiger partial charge is 0.119 e. The van der Waals surface area contributed by atoms with E-state index in [2.05, 4.69) is 6.07 Å². The van der Waals surface area contributed by atoms with E-state index in [0.717, 1.165) is 5.56 Å². The lowest BCUT2D eigenvalue weighted by atomic mass is 10.1. The summed E-state index contributed by atoms with van der Waals surface area (Å²) in [6.07, 6.45) is 0.723. The number of alkyl halides is 1. The quantitative estimate of drug-likeness (QED) is 0.764. The molecule has 0 saturated heterocycles. The average molecular weight is 221 g/mol. The summed E-state index contributed by atoms with van der Waals surface area (Å²) in [5.74, 6) is 0.692. The number of nitriles is 1. The van der Waals surface area contributed by atoms with Gasteiger partial charge in [-0.3, -0.25) is 0 Å². The van der Waals surface area contributed by atoms with Gasteiger partial charge < -0.3 is 4.74 Å². The topological polar surface area (TPSA) is 33.0 Å². The zero-order chi connectivity index (χ0) is 12.0. The maximum atomic E-state index is 13.2. The maximum absolute atomic E-state index is 13.2. The highest BCUT2D eigenvalue weighted by Crippen LogP contribution is 2.17. The molecule has 3 heteroatoms. The molecular formula is C13H16FNO. The van der Waals surface area contributed by atoms with Crippen LogP contribution in [0.15, 0.2) is 24.3 Å². The lowest BCUT2D eigenvalue weighted by Crippen LogP contribution is -2.16. The van der Waals surface area contributed by atoms with Crippen molar-refractivity contribution in [3.05, 3.63) is 29.8 Å². The normalized spacial score (nSPS) is 10.9. The first-order valence-corrected chi connectivity index (χ1v) is 5.29. The minimum Gasteiger partial charge on any atom is -0.493 e. The zero-order valence-corrected chi connectivity index (χ0v) is 9.66. The summed E-state index contributed by atoms with van der Waals surface area (Å²) in [5.41, 5.74) is -0.288. The van der Waals surface area contributed by atoms with Gasteiger partial charge in [-0.25, -0.2) is 4.39 Å². The Balaban J connectivity index is 2.48. The molecule has 1 rings (SSSR count). The Morgan fingerprint density at radius 3 is 2.81 bits per heavy atom. The third kappa shape index (κ3) is 4.79. The van der Waals surface area contributed by atoms with E-state index < -0.39 is 5.67 Å². The van der Waals surface area contributed by atoms with Crippen molar-refractivity contribution in [2.45, 2.75) is 32.4 Å². The molecule has 86 valence electrons. The van der Waals surface area contributed by atoms with E-state index in [1.165, 1.54) is 13.8 Å². The molecule has 0 bridgehead atoms. The molecular weight excluding hydrogens is 205 g/mol. The number of rotatable bonds is 5. The molecule has 1 aromatic carbocycles. The van der Waals surface area contributed by atoms with Gasteiger partial charge in [0.1, 0.15) is 11.4 Å². The van der Waals surface area contributed by atoms with E-state index in [0.29, 0.717) is 25.2 Å². The number of hydrogen-bond donors (Lipinski definition) is 0. The third-order valence-electron chi connectivity index (χ3n) is 2.15. The van der Waals surface area contributed by atoms with Crippen molar-refractivity contribution in [1.82, 2.24) is 0 Å². The van der Waals surface area contributed by atoms with Crippen LogP contribution in [0, 0.1) is 11.3 Å². The van der Waals surface area contributed by atoms with Gasteiger partial charge in [-0.1, -0.05) is 12.1 Å². The van der Waals surface area contributed by atoms with E-state index in [1.807, 2.05) is 24.3 Å². The molecule has 0 saturated carbocycles. The van der Waals surface area contributed by atoms with Crippen LogP contribution in [0.25, 0.3) is 0 Å². The molecule has 0 fully saturated rings. The molecule has 0 atom stereocenters. The van der Waals surface area contributed by atoms with Crippen LogP contribution < -0.4 is 4.74 Å². The van der Waals surface area contributed by atoms with Crippen LogP contribution in [0.3, 0.4) is 0 Å². The fourth-order valence-electron chi connectivity index (χ4n) is 1.25. The van der Waals surface area contributed by atoms with Gasteiger partial charge in [-0.05, 0) is 31.5 Å². The van der Waals surface area contributed by atoms with E-state index in [4.69, 9.17) is 10.00 Å². The first-order valence-electron chi connectivity index (χ1n) is 5.29. The molecule has 0 heterocycles. The first kappa shape index (κ1) is 12.5. The summed E-state index contributed by atoms with van der Waals surface area (Å²) in [6, 6.07) is 9.41. The highest BCUT2D eigenvalue weighted by molar-refractivity contribution is 5.29. The molecule has 0 amide bonds. The largest absolute Gasteiger partial charge is 0.493 e. The molecule has 0 aliphatic carbocycles. The summed E-state index contributed by atoms with van der Waals surface area (Å²) in [4.78, 5) is 0. The number of halogens is 1. The summed E-state index contributed by atoms with van der Waals surface area (Å²) in [6.45, 7) is 3.41. The predicted molar refractivity (Wildman–Crippen MR) is 61.1 cm³/mol. The lowest BCUT2D eigenvalue weighted by Gasteiger charge is -2.14. The summed E-state index contributed by atoms with van der Waals surface area (Å²) in [7, 11) is 0. The summed E-state index contributed by atoms with van der Waals surface area (Å²) in [5, 5.41) is 8.55. The van der Waals surface area contributed by atoms with E-state index in [9.17, 15) is 4.39 Å². The van der Waals surface area contributed by atoms with Crippen LogP contribution in [0.2, 0.25) is 0 Å². The van der Waals surface area contributed by atoms with Crippen LogP contribution in [0.5, 0.6) is 5.75 Å². The molecule has 0 unspecified atom stereocenters. The van der Waals surface area contributed by atoms with E-state index in [1.54, 1.807) is 0 Å². The van der Waals surface area contributed by atoms with Gasteiger partial charge in [-0.2, -0.15) is 5.26 Å². The average Bonchev–Trinajstić information content (AvgIpc) is 2.17. The van der Waals surface area contributed by atoms with Gasteiger partial charge >= 0.3 is 0 Å². The second kappa shape index (κ2) is 5.50. The lowest BCUT2D eigenvalue weighted by molar-refractivity contribution is 0.161. The molecule has 0 aliphatic heterocycles. The number of nitrogens with zero attached hydrogens (tertiary/aromatic N) is 1. The Kier molecular flexibility index (Phi) is 4.30. The highest BCUT2D eigenvalue weighted by atomic mass is 19.1. The van der Waals surface area contributed by atoms with Crippen molar-refractivity contribution >= 4 is 0 Å². The van der Waals surface area contributed by atoms with Crippen molar-refractivity contribution in [2.75, 3.05) is 6.61 Å². The Morgan fingerprint density at radius 2 is 2.19 bits per heavy atom. The monoisotopic (exact) mass is 221 g/mol. The number of benzene rings is 1. The molecule has 0 aliphatic rings. The third-order valence-corrected chi connectivity index (χ3v) is 2.15. The Hall–Kier alpha value is -1.56. The Labute approximate surface area is 95.7 Å². The van der Waals surface area contributed by atoms with E-state index in [-0.39, 0.29) is 0 Å². The second-order valence-electron chi connectivity index (χ2n) is 4.30. The standard InChI is InChI=1S/C13H16FNO/c1-13(2,14)7-9-16-12-5-3-4-11(10-12)6-8-15/h3-5,10H,6-7,9H2,1-2H3. The van der Waals surface area contributed by atoms with Gasteiger partial charge in [0.05, 0.1) is 19.1 Å². The van der Waals surface area contributed by atoms with E-state index >= 15 is 0 Å². The summed E-state index contributed by atoms with van der Waals surface area (Å²) < 4.78 is 18.6. The van der Waals surface area contributed by atoms with Crippen molar-refractivity contribution in [1.29, 1.82) is 5.26 Å². The first-order chi connectivity index (χ1) is 7.51. The minimum atomic E-state index is -1.20. The van der Waals surface area contributed by atoms with Gasteiger partial charge in [0.15, 0.2) is 0 Å². The number of ether oxygens (including phenoxy) is 1. The fraction of sp³-hybridized carbons (Fsp3) is 0.462. The zero-order valence-electron chi connectivity index (χ0n) is 9.66. The van der Waals surface area contributed by atoms with Gasteiger partial charge in [0, 0.05) is 6.42 Å². The molecule has 0 spiro atoms. The molecule has 16 heavy (non-hydrogen) atoms. The van der Waals surface area contributed by atoms with Crippen molar-refractivity contribution in [3.63, 3.8) is 0 Å². The van der Waals surface area contributed by atoms with Gasteiger partial charge in [0.25, 0.3) is 0 Å². The maximum Gasteiger partial charge on any atom is 0.119 e. The second-order valence-corrected chi connectivity index (χ2v) is 4.30. The predicted octanol–water partition coefficient (Wildman–Crippen LogP) is 3.27. The van der Waals surface area contributed by atoms with Crippen molar-refractivity contribution < 1.29 is 9.13 Å². The Morgan fingerprint density at radius 1 is 1.44 bits per heavy atom. The van der Waals surface area contributed by atoms with Crippen molar-refractivity contribution in [2.24, 2.45) is 0 Å². The number of hydrogen-bond acceptors (Lipinski definition) is 2. The van der Waals surface area contributed by atoms with Gasteiger partial charge in [0.2, 0.25) is 0 Å². The van der Waals surface area contributed by atoms with Crippen LogP contribution in [-0.4, -0.2) is 12.3 Å². The van der Waals surface area contributed by atoms with Crippen LogP contribution in [0.1, 0.15) is 25.8 Å². The van der Waals surface area contributed by atoms with Crippen molar-refractivity contribution in [3.8, 4) is 11.8 Å².